The molecule has 5 nitrogen and oxygen atoms in total. The Balaban J connectivity index is 1.30. The molecule has 1 aliphatic heterocycles. The van der Waals surface area contributed by atoms with Gasteiger partial charge in [-0.2, -0.15) is 0 Å². The van der Waals surface area contributed by atoms with Crippen molar-refractivity contribution in [2.24, 2.45) is 0 Å². The van der Waals surface area contributed by atoms with Crippen LogP contribution in [-0.4, -0.2) is 38.8 Å². The third-order valence-electron chi connectivity index (χ3n) is 4.68. The van der Waals surface area contributed by atoms with E-state index in [0.29, 0.717) is 12.0 Å². The zero-order valence-corrected chi connectivity index (χ0v) is 14.3. The summed E-state index contributed by atoms with van der Waals surface area (Å²) < 4.78 is 1.81. The second-order valence-corrected chi connectivity index (χ2v) is 6.53. The Labute approximate surface area is 148 Å². The second-order valence-electron chi connectivity index (χ2n) is 6.53. The maximum Gasteiger partial charge on any atom is 0.242 e. The number of para-hydroxylation sites is 1. The fraction of sp³-hybridized carbons (Fsp3) is 0.300. The third-order valence-corrected chi connectivity index (χ3v) is 4.68. The molecule has 2 aromatic carbocycles. The summed E-state index contributed by atoms with van der Waals surface area (Å²) in [5.41, 5.74) is 2.41. The third kappa shape index (κ3) is 4.06. The molecule has 0 atom stereocenters. The van der Waals surface area contributed by atoms with Gasteiger partial charge in [-0.25, -0.2) is 9.67 Å². The second kappa shape index (κ2) is 7.49. The number of aromatic nitrogens is 3. The summed E-state index contributed by atoms with van der Waals surface area (Å²) in [7, 11) is 0. The van der Waals surface area contributed by atoms with E-state index in [1.165, 1.54) is 5.56 Å². The van der Waals surface area contributed by atoms with Crippen molar-refractivity contribution in [2.75, 3.05) is 18.4 Å². The van der Waals surface area contributed by atoms with Crippen molar-refractivity contribution in [3.8, 4) is 5.69 Å². The van der Waals surface area contributed by atoms with Crippen LogP contribution in [0.5, 0.6) is 0 Å². The molecule has 0 saturated carbocycles. The Hall–Kier alpha value is -2.66. The highest BCUT2D eigenvalue weighted by atomic mass is 15.4. The van der Waals surface area contributed by atoms with Gasteiger partial charge in [0, 0.05) is 25.7 Å². The van der Waals surface area contributed by atoms with Crippen LogP contribution in [0.2, 0.25) is 0 Å². The summed E-state index contributed by atoms with van der Waals surface area (Å²) in [6.45, 7) is 3.24. The highest BCUT2D eigenvalue weighted by Crippen LogP contribution is 2.17. The largest absolute Gasteiger partial charge is 0.350 e. The number of nitrogens with zero attached hydrogens (tertiary/aromatic N) is 4. The highest BCUT2D eigenvalue weighted by molar-refractivity contribution is 5.32. The smallest absolute Gasteiger partial charge is 0.242 e. The van der Waals surface area contributed by atoms with Crippen LogP contribution in [-0.2, 0) is 6.54 Å². The minimum Gasteiger partial charge on any atom is -0.350 e. The standard InChI is InChI=1S/C20H23N5/c1-3-7-17(8-4-1)15-24-13-11-18(12-14-24)22-20-21-16-25(23-20)19-9-5-2-6-10-19/h1-10,16,18H,11-15H2,(H,22,23). The Morgan fingerprint density at radius 1 is 0.920 bits per heavy atom. The number of rotatable bonds is 5. The molecule has 1 aromatic heterocycles. The number of nitrogens with one attached hydrogen (secondary N) is 1. The van der Waals surface area contributed by atoms with E-state index in [-0.39, 0.29) is 0 Å². The summed E-state index contributed by atoms with van der Waals surface area (Å²) in [4.78, 5) is 6.92. The van der Waals surface area contributed by atoms with Crippen LogP contribution in [0.25, 0.3) is 5.69 Å². The Morgan fingerprint density at radius 3 is 2.32 bits per heavy atom. The van der Waals surface area contributed by atoms with E-state index in [4.69, 9.17) is 0 Å². The summed E-state index contributed by atoms with van der Waals surface area (Å²) in [6, 6.07) is 21.2. The fourth-order valence-corrected chi connectivity index (χ4v) is 3.29. The molecule has 3 aromatic rings. The van der Waals surface area contributed by atoms with Crippen LogP contribution in [0.4, 0.5) is 5.95 Å². The monoisotopic (exact) mass is 333 g/mol. The summed E-state index contributed by atoms with van der Waals surface area (Å²) in [6.07, 6.45) is 4.00. The molecule has 0 unspecified atom stereocenters. The number of anilines is 1. The molecule has 4 rings (SSSR count). The van der Waals surface area contributed by atoms with Crippen molar-refractivity contribution in [1.82, 2.24) is 19.7 Å². The maximum atomic E-state index is 4.54. The minimum absolute atomic E-state index is 0.443. The topological polar surface area (TPSA) is 46.0 Å². The van der Waals surface area contributed by atoms with E-state index in [0.717, 1.165) is 38.2 Å². The number of likely N-dealkylation sites (tertiary alicyclic amines) is 1. The molecule has 0 aliphatic carbocycles. The summed E-state index contributed by atoms with van der Waals surface area (Å²) in [5, 5.41) is 8.03. The van der Waals surface area contributed by atoms with Crippen molar-refractivity contribution in [3.63, 3.8) is 0 Å². The lowest BCUT2D eigenvalue weighted by atomic mass is 10.0. The van der Waals surface area contributed by atoms with E-state index in [1.54, 1.807) is 6.33 Å². The molecule has 0 spiro atoms. The van der Waals surface area contributed by atoms with Crippen LogP contribution in [0, 0.1) is 0 Å². The average Bonchev–Trinajstić information content (AvgIpc) is 3.14. The van der Waals surface area contributed by atoms with Gasteiger partial charge in [-0.3, -0.25) is 4.90 Å². The SMILES string of the molecule is c1ccc(CN2CCC(Nc3ncn(-c4ccccc4)n3)CC2)cc1. The van der Waals surface area contributed by atoms with E-state index in [2.05, 4.69) is 50.6 Å². The first kappa shape index (κ1) is 15.8. The number of benzene rings is 2. The normalized spacial score (nSPS) is 16.0. The van der Waals surface area contributed by atoms with Crippen LogP contribution in [0.1, 0.15) is 18.4 Å². The Kier molecular flexibility index (Phi) is 4.74. The van der Waals surface area contributed by atoms with Gasteiger partial charge in [0.05, 0.1) is 5.69 Å². The van der Waals surface area contributed by atoms with Gasteiger partial charge in [0.1, 0.15) is 6.33 Å². The molecule has 5 heteroatoms. The van der Waals surface area contributed by atoms with Gasteiger partial charge in [0.15, 0.2) is 0 Å². The van der Waals surface area contributed by atoms with Gasteiger partial charge < -0.3 is 5.32 Å². The first-order valence-electron chi connectivity index (χ1n) is 8.87. The molecular weight excluding hydrogens is 310 g/mol. The first-order valence-corrected chi connectivity index (χ1v) is 8.87. The fourth-order valence-electron chi connectivity index (χ4n) is 3.29. The van der Waals surface area contributed by atoms with Gasteiger partial charge in [0.2, 0.25) is 5.95 Å². The Bertz CT molecular complexity index is 776. The lowest BCUT2D eigenvalue weighted by Crippen LogP contribution is -2.38. The molecule has 128 valence electrons. The van der Waals surface area contributed by atoms with Crippen LogP contribution in [0.3, 0.4) is 0 Å². The number of hydrogen-bond donors (Lipinski definition) is 1. The number of piperidine rings is 1. The highest BCUT2D eigenvalue weighted by Gasteiger charge is 2.20. The van der Waals surface area contributed by atoms with E-state index in [9.17, 15) is 0 Å². The van der Waals surface area contributed by atoms with Crippen LogP contribution < -0.4 is 5.32 Å². The molecule has 1 fully saturated rings. The zero-order chi connectivity index (χ0) is 16.9. The lowest BCUT2D eigenvalue weighted by Gasteiger charge is -2.32. The van der Waals surface area contributed by atoms with Crippen molar-refractivity contribution < 1.29 is 0 Å². The van der Waals surface area contributed by atoms with Gasteiger partial charge in [-0.15, -0.1) is 5.10 Å². The van der Waals surface area contributed by atoms with E-state index < -0.39 is 0 Å². The van der Waals surface area contributed by atoms with Gasteiger partial charge in [-0.1, -0.05) is 48.5 Å². The first-order chi connectivity index (χ1) is 12.4. The summed E-state index contributed by atoms with van der Waals surface area (Å²) in [5.74, 6) is 0.713. The Morgan fingerprint density at radius 2 is 1.60 bits per heavy atom. The molecule has 25 heavy (non-hydrogen) atoms. The van der Waals surface area contributed by atoms with Crippen molar-refractivity contribution in [3.05, 3.63) is 72.6 Å². The van der Waals surface area contributed by atoms with Gasteiger partial charge in [-0.05, 0) is 30.5 Å². The zero-order valence-electron chi connectivity index (χ0n) is 14.3. The predicted octanol–water partition coefficient (Wildman–Crippen LogP) is 3.34. The average molecular weight is 333 g/mol. The van der Waals surface area contributed by atoms with E-state index in [1.807, 2.05) is 35.0 Å². The number of hydrogen-bond acceptors (Lipinski definition) is 4. The molecule has 0 bridgehead atoms. The lowest BCUT2D eigenvalue weighted by molar-refractivity contribution is 0.211. The molecule has 1 N–H and O–H groups in total. The summed E-state index contributed by atoms with van der Waals surface area (Å²) >= 11 is 0. The van der Waals surface area contributed by atoms with Crippen LogP contribution >= 0.6 is 0 Å². The van der Waals surface area contributed by atoms with Crippen molar-refractivity contribution in [1.29, 1.82) is 0 Å². The quantitative estimate of drug-likeness (QED) is 0.778. The predicted molar refractivity (Wildman–Crippen MR) is 99.7 cm³/mol. The van der Waals surface area contributed by atoms with Gasteiger partial charge >= 0.3 is 0 Å². The molecule has 2 heterocycles. The van der Waals surface area contributed by atoms with Gasteiger partial charge in [0.25, 0.3) is 0 Å². The molecule has 0 amide bonds. The maximum absolute atomic E-state index is 4.54. The van der Waals surface area contributed by atoms with E-state index >= 15 is 0 Å². The minimum atomic E-state index is 0.443. The van der Waals surface area contributed by atoms with Crippen LogP contribution in [0.15, 0.2) is 67.0 Å². The molecule has 0 radical (unpaired) electrons. The molecule has 1 aliphatic rings. The van der Waals surface area contributed by atoms with Crippen molar-refractivity contribution >= 4 is 5.95 Å². The molecule has 1 saturated heterocycles. The molecular formula is C20H23N5. The van der Waals surface area contributed by atoms with Crippen molar-refractivity contribution in [2.45, 2.75) is 25.4 Å².